The molecule has 0 saturated heterocycles. The van der Waals surface area contributed by atoms with Crippen LogP contribution in [0.3, 0.4) is 0 Å². The molecule has 1 rings (SSSR count). The maximum Gasteiger partial charge on any atom is 0.151 e. The highest BCUT2D eigenvalue weighted by atomic mass is 35.5. The number of nitrogens with zero attached hydrogens (tertiary/aromatic N) is 4. The van der Waals surface area contributed by atoms with Crippen molar-refractivity contribution in [3.8, 4) is 0 Å². The Kier molecular flexibility index (Phi) is 3.04. The fourth-order valence-electron chi connectivity index (χ4n) is 0.758. The Balaban J connectivity index is 2.68. The molecular weight excluding hydrogens is 164 g/mol. The van der Waals surface area contributed by atoms with Crippen molar-refractivity contribution in [3.63, 3.8) is 0 Å². The molecule has 0 amide bonds. The van der Waals surface area contributed by atoms with E-state index in [9.17, 15) is 0 Å². The van der Waals surface area contributed by atoms with Crippen molar-refractivity contribution in [1.82, 2.24) is 20.2 Å². The van der Waals surface area contributed by atoms with Crippen LogP contribution in [0, 0.1) is 0 Å². The highest BCUT2D eigenvalue weighted by molar-refractivity contribution is 6.25. The molecule has 0 N–H and O–H groups in total. The predicted octanol–water partition coefficient (Wildman–Crippen LogP) is 0.988. The number of aryl methyl sites for hydroxylation is 1. The molecule has 1 aromatic heterocycles. The summed E-state index contributed by atoms with van der Waals surface area (Å²) >= 11 is 5.35. The molecule has 0 aliphatic heterocycles. The van der Waals surface area contributed by atoms with Gasteiger partial charge in [-0.05, 0) is 10.4 Å². The quantitative estimate of drug-likeness (QED) is 0.683. The van der Waals surface area contributed by atoms with Crippen LogP contribution < -0.4 is 0 Å². The normalized spacial score (nSPS) is 11.1. The third-order valence-corrected chi connectivity index (χ3v) is 1.47. The van der Waals surface area contributed by atoms with Crippen molar-refractivity contribution in [2.24, 2.45) is 0 Å². The monoisotopic (exact) mass is 172 g/mol. The zero-order chi connectivity index (χ0) is 8.10. The Hall–Kier alpha value is -0.900. The van der Waals surface area contributed by atoms with Gasteiger partial charge in [0.2, 0.25) is 0 Å². The van der Waals surface area contributed by atoms with E-state index in [1.54, 1.807) is 10.8 Å². The van der Waals surface area contributed by atoms with Crippen LogP contribution in [-0.2, 0) is 13.0 Å². The number of hydrogen-bond acceptors (Lipinski definition) is 3. The van der Waals surface area contributed by atoms with Crippen molar-refractivity contribution >= 4 is 11.6 Å². The van der Waals surface area contributed by atoms with Gasteiger partial charge in [-0.1, -0.05) is 24.6 Å². The lowest BCUT2D eigenvalue weighted by Crippen LogP contribution is -2.02. The van der Waals surface area contributed by atoms with Crippen LogP contribution in [0.15, 0.2) is 11.6 Å². The van der Waals surface area contributed by atoms with Crippen LogP contribution in [-0.4, -0.2) is 20.2 Å². The molecule has 0 spiro atoms. The Bertz CT molecular complexity index is 242. The Morgan fingerprint density at radius 1 is 1.64 bits per heavy atom. The summed E-state index contributed by atoms with van der Waals surface area (Å²) in [5, 5.41) is 11.1. The third-order valence-electron chi connectivity index (χ3n) is 1.29. The molecule has 0 aliphatic rings. The van der Waals surface area contributed by atoms with Gasteiger partial charge in [0, 0.05) is 12.0 Å². The molecule has 0 bridgehead atoms. The lowest BCUT2D eigenvalue weighted by atomic mass is 10.4. The van der Waals surface area contributed by atoms with E-state index in [4.69, 9.17) is 11.6 Å². The first-order valence-electron chi connectivity index (χ1n) is 3.38. The Morgan fingerprint density at radius 2 is 2.45 bits per heavy atom. The largest absolute Gasteiger partial charge is 0.226 e. The van der Waals surface area contributed by atoms with Crippen molar-refractivity contribution in [2.45, 2.75) is 19.9 Å². The Morgan fingerprint density at radius 3 is 3.09 bits per heavy atom. The smallest absolute Gasteiger partial charge is 0.151 e. The molecule has 1 aromatic rings. The van der Waals surface area contributed by atoms with Crippen LogP contribution in [0.4, 0.5) is 0 Å². The molecule has 4 nitrogen and oxygen atoms in total. The van der Waals surface area contributed by atoms with Gasteiger partial charge in [0.15, 0.2) is 5.82 Å². The molecule has 0 radical (unpaired) electrons. The van der Waals surface area contributed by atoms with E-state index in [0.717, 1.165) is 12.2 Å². The molecule has 0 aliphatic carbocycles. The lowest BCUT2D eigenvalue weighted by Gasteiger charge is -1.95. The van der Waals surface area contributed by atoms with Crippen LogP contribution in [0.5, 0.6) is 0 Å². The molecule has 60 valence electrons. The molecule has 1 heterocycles. The van der Waals surface area contributed by atoms with E-state index in [1.165, 1.54) is 5.54 Å². The first kappa shape index (κ1) is 8.20. The minimum Gasteiger partial charge on any atom is -0.226 e. The number of rotatable bonds is 3. The van der Waals surface area contributed by atoms with Crippen LogP contribution >= 0.6 is 11.6 Å². The van der Waals surface area contributed by atoms with Gasteiger partial charge < -0.3 is 0 Å². The number of halogens is 1. The van der Waals surface area contributed by atoms with E-state index in [2.05, 4.69) is 15.5 Å². The van der Waals surface area contributed by atoms with Gasteiger partial charge in [0.1, 0.15) is 0 Å². The van der Waals surface area contributed by atoms with E-state index < -0.39 is 0 Å². The van der Waals surface area contributed by atoms with Gasteiger partial charge in [-0.2, -0.15) is 0 Å². The molecule has 0 aromatic carbocycles. The van der Waals surface area contributed by atoms with Crippen LogP contribution in [0.25, 0.3) is 0 Å². The average molecular weight is 173 g/mol. The molecular formula is C6H9ClN4. The number of aromatic nitrogens is 4. The summed E-state index contributed by atoms with van der Waals surface area (Å²) in [6.45, 7) is 2.65. The van der Waals surface area contributed by atoms with Gasteiger partial charge in [0.25, 0.3) is 0 Å². The molecule has 11 heavy (non-hydrogen) atoms. The maximum atomic E-state index is 5.35. The third kappa shape index (κ3) is 2.01. The second-order valence-corrected chi connectivity index (χ2v) is 2.24. The minimum absolute atomic E-state index is 0.639. The zero-order valence-electron chi connectivity index (χ0n) is 6.24. The topological polar surface area (TPSA) is 43.6 Å². The molecule has 5 heteroatoms. The molecule has 0 atom stereocenters. The lowest BCUT2D eigenvalue weighted by molar-refractivity contribution is 0.633. The first-order chi connectivity index (χ1) is 5.38. The SMILES string of the molecule is CCc1nnnn1C/C=C/Cl. The first-order valence-corrected chi connectivity index (χ1v) is 3.82. The van der Waals surface area contributed by atoms with E-state index in [-0.39, 0.29) is 0 Å². The Labute approximate surface area is 69.9 Å². The number of allylic oxidation sites excluding steroid dienone is 1. The molecule has 0 saturated carbocycles. The summed E-state index contributed by atoms with van der Waals surface area (Å²) in [5.41, 5.74) is 1.46. The maximum absolute atomic E-state index is 5.35. The summed E-state index contributed by atoms with van der Waals surface area (Å²) < 4.78 is 1.71. The highest BCUT2D eigenvalue weighted by Gasteiger charge is 1.99. The zero-order valence-corrected chi connectivity index (χ0v) is 6.99. The van der Waals surface area contributed by atoms with Gasteiger partial charge in [-0.3, -0.25) is 0 Å². The van der Waals surface area contributed by atoms with Crippen molar-refractivity contribution in [1.29, 1.82) is 0 Å². The van der Waals surface area contributed by atoms with Gasteiger partial charge >= 0.3 is 0 Å². The highest BCUT2D eigenvalue weighted by Crippen LogP contribution is 1.93. The molecule has 0 unspecified atom stereocenters. The van der Waals surface area contributed by atoms with Crippen LogP contribution in [0.2, 0.25) is 0 Å². The molecule has 0 fully saturated rings. The van der Waals surface area contributed by atoms with Crippen molar-refractivity contribution in [2.75, 3.05) is 0 Å². The van der Waals surface area contributed by atoms with Gasteiger partial charge in [0.05, 0.1) is 6.54 Å². The predicted molar refractivity (Wildman–Crippen MR) is 42.2 cm³/mol. The van der Waals surface area contributed by atoms with Gasteiger partial charge in [-0.25, -0.2) is 4.68 Å². The van der Waals surface area contributed by atoms with Crippen LogP contribution in [0.1, 0.15) is 12.7 Å². The number of tetrazole rings is 1. The summed E-state index contributed by atoms with van der Waals surface area (Å²) in [7, 11) is 0. The number of hydrogen-bond donors (Lipinski definition) is 0. The van der Waals surface area contributed by atoms with Crippen molar-refractivity contribution in [3.05, 3.63) is 17.4 Å². The van der Waals surface area contributed by atoms with Gasteiger partial charge in [-0.15, -0.1) is 5.10 Å². The van der Waals surface area contributed by atoms with E-state index >= 15 is 0 Å². The summed E-state index contributed by atoms with van der Waals surface area (Å²) in [5.74, 6) is 0.875. The minimum atomic E-state index is 0.639. The fraction of sp³-hybridized carbons (Fsp3) is 0.500. The standard InChI is InChI=1S/C6H9ClN4/c1-2-6-8-9-10-11(6)5-3-4-7/h3-4H,2,5H2,1H3/b4-3+. The summed E-state index contributed by atoms with van der Waals surface area (Å²) in [6.07, 6.45) is 2.63. The summed E-state index contributed by atoms with van der Waals surface area (Å²) in [4.78, 5) is 0. The fourth-order valence-corrected chi connectivity index (χ4v) is 0.838. The second-order valence-electron chi connectivity index (χ2n) is 1.99. The summed E-state index contributed by atoms with van der Waals surface area (Å²) in [6, 6.07) is 0. The van der Waals surface area contributed by atoms with Crippen molar-refractivity contribution < 1.29 is 0 Å². The second kappa shape index (κ2) is 4.08. The van der Waals surface area contributed by atoms with E-state index in [1.807, 2.05) is 6.92 Å². The van der Waals surface area contributed by atoms with E-state index in [0.29, 0.717) is 6.54 Å². The average Bonchev–Trinajstić information content (AvgIpc) is 2.47.